The monoisotopic (exact) mass is 260 g/mol. The summed E-state index contributed by atoms with van der Waals surface area (Å²) in [6.07, 6.45) is 6.91. The molecule has 1 saturated heterocycles. The van der Waals surface area contributed by atoms with Crippen molar-refractivity contribution in [2.45, 2.75) is 32.1 Å². The third-order valence-corrected chi connectivity index (χ3v) is 4.69. The Bertz CT molecular complexity index is 490. The van der Waals surface area contributed by atoms with Crippen molar-refractivity contribution < 1.29 is 0 Å². The SMILES string of the molecule is N#Cc1ccc(N2CC3(CCCCC3)C2)c(Cl)c1. The van der Waals surface area contributed by atoms with Crippen molar-refractivity contribution in [1.82, 2.24) is 0 Å². The molecule has 18 heavy (non-hydrogen) atoms. The normalized spacial score (nSPS) is 21.4. The Hall–Kier alpha value is -1.20. The van der Waals surface area contributed by atoms with Gasteiger partial charge in [0.1, 0.15) is 0 Å². The molecular weight excluding hydrogens is 244 g/mol. The number of nitriles is 1. The summed E-state index contributed by atoms with van der Waals surface area (Å²) >= 11 is 6.25. The number of halogens is 1. The molecular formula is C15H17ClN2. The number of anilines is 1. The molecule has 0 unspecified atom stereocenters. The van der Waals surface area contributed by atoms with Crippen LogP contribution < -0.4 is 4.90 Å². The van der Waals surface area contributed by atoms with Gasteiger partial charge in [-0.2, -0.15) is 5.26 Å². The molecule has 3 rings (SSSR count). The van der Waals surface area contributed by atoms with Gasteiger partial charge in [-0.25, -0.2) is 0 Å². The van der Waals surface area contributed by atoms with Crippen molar-refractivity contribution >= 4 is 17.3 Å². The molecule has 1 saturated carbocycles. The van der Waals surface area contributed by atoms with E-state index in [0.29, 0.717) is 16.0 Å². The van der Waals surface area contributed by atoms with E-state index < -0.39 is 0 Å². The topological polar surface area (TPSA) is 27.0 Å². The first kappa shape index (κ1) is 11.9. The van der Waals surface area contributed by atoms with E-state index in [1.165, 1.54) is 32.1 Å². The predicted molar refractivity (Wildman–Crippen MR) is 73.9 cm³/mol. The molecule has 2 nitrogen and oxygen atoms in total. The Balaban J connectivity index is 1.73. The molecule has 1 spiro atoms. The van der Waals surface area contributed by atoms with Gasteiger partial charge in [0.05, 0.1) is 22.3 Å². The minimum absolute atomic E-state index is 0.565. The molecule has 0 bridgehead atoms. The summed E-state index contributed by atoms with van der Waals surface area (Å²) in [5, 5.41) is 9.55. The van der Waals surface area contributed by atoms with Crippen LogP contribution in [0.5, 0.6) is 0 Å². The number of rotatable bonds is 1. The van der Waals surface area contributed by atoms with Gasteiger partial charge in [0.15, 0.2) is 0 Å². The fraction of sp³-hybridized carbons (Fsp3) is 0.533. The average molecular weight is 261 g/mol. The zero-order valence-electron chi connectivity index (χ0n) is 10.5. The third kappa shape index (κ3) is 1.97. The van der Waals surface area contributed by atoms with Crippen molar-refractivity contribution in [2.75, 3.05) is 18.0 Å². The van der Waals surface area contributed by atoms with Gasteiger partial charge in [-0.05, 0) is 31.0 Å². The van der Waals surface area contributed by atoms with E-state index in [1.54, 1.807) is 6.07 Å². The van der Waals surface area contributed by atoms with Crippen LogP contribution in [-0.2, 0) is 0 Å². The highest BCUT2D eigenvalue weighted by molar-refractivity contribution is 6.33. The summed E-state index contributed by atoms with van der Waals surface area (Å²) in [5.41, 5.74) is 2.29. The second-order valence-corrected chi connectivity index (χ2v) is 6.10. The van der Waals surface area contributed by atoms with Gasteiger partial charge in [-0.15, -0.1) is 0 Å². The summed E-state index contributed by atoms with van der Waals surface area (Å²) in [6, 6.07) is 7.73. The Morgan fingerprint density at radius 1 is 1.17 bits per heavy atom. The molecule has 0 N–H and O–H groups in total. The number of hydrogen-bond acceptors (Lipinski definition) is 2. The Kier molecular flexibility index (Phi) is 2.95. The largest absolute Gasteiger partial charge is 0.369 e. The van der Waals surface area contributed by atoms with Crippen molar-refractivity contribution in [3.63, 3.8) is 0 Å². The molecule has 1 heterocycles. The highest BCUT2D eigenvalue weighted by atomic mass is 35.5. The van der Waals surface area contributed by atoms with Gasteiger partial charge in [0.25, 0.3) is 0 Å². The zero-order chi connectivity index (χ0) is 12.6. The maximum absolute atomic E-state index is 8.84. The van der Waals surface area contributed by atoms with Crippen LogP contribution in [0.15, 0.2) is 18.2 Å². The van der Waals surface area contributed by atoms with Gasteiger partial charge in [0, 0.05) is 18.5 Å². The van der Waals surface area contributed by atoms with Crippen LogP contribution in [0, 0.1) is 16.7 Å². The van der Waals surface area contributed by atoms with E-state index in [1.807, 2.05) is 12.1 Å². The quantitative estimate of drug-likeness (QED) is 0.764. The summed E-state index contributed by atoms with van der Waals surface area (Å²) < 4.78 is 0. The summed E-state index contributed by atoms with van der Waals surface area (Å²) in [7, 11) is 0. The Morgan fingerprint density at radius 3 is 2.50 bits per heavy atom. The molecule has 94 valence electrons. The van der Waals surface area contributed by atoms with Gasteiger partial charge in [0.2, 0.25) is 0 Å². The molecule has 0 atom stereocenters. The molecule has 2 aliphatic rings. The van der Waals surface area contributed by atoms with Gasteiger partial charge in [-0.3, -0.25) is 0 Å². The predicted octanol–water partition coefficient (Wildman–Crippen LogP) is 3.98. The highest BCUT2D eigenvalue weighted by Gasteiger charge is 2.43. The van der Waals surface area contributed by atoms with E-state index in [9.17, 15) is 0 Å². The molecule has 1 aliphatic carbocycles. The van der Waals surface area contributed by atoms with Crippen molar-refractivity contribution in [2.24, 2.45) is 5.41 Å². The number of nitrogens with zero attached hydrogens (tertiary/aromatic N) is 2. The molecule has 0 aromatic heterocycles. The smallest absolute Gasteiger partial charge is 0.0992 e. The first-order valence-corrected chi connectivity index (χ1v) is 7.05. The zero-order valence-corrected chi connectivity index (χ0v) is 11.2. The first-order valence-electron chi connectivity index (χ1n) is 6.67. The lowest BCUT2D eigenvalue weighted by atomic mass is 9.68. The van der Waals surface area contributed by atoms with Crippen LogP contribution in [0.25, 0.3) is 0 Å². The molecule has 1 aliphatic heterocycles. The molecule has 0 amide bonds. The fourth-order valence-corrected chi connectivity index (χ4v) is 3.68. The van der Waals surface area contributed by atoms with E-state index in [2.05, 4.69) is 11.0 Å². The summed E-state index contributed by atoms with van der Waals surface area (Å²) in [5.74, 6) is 0. The highest BCUT2D eigenvalue weighted by Crippen LogP contribution is 2.46. The van der Waals surface area contributed by atoms with Crippen molar-refractivity contribution in [1.29, 1.82) is 5.26 Å². The van der Waals surface area contributed by atoms with E-state index >= 15 is 0 Å². The van der Waals surface area contributed by atoms with Crippen LogP contribution in [0.2, 0.25) is 5.02 Å². The minimum atomic E-state index is 0.565. The average Bonchev–Trinajstić information content (AvgIpc) is 2.37. The van der Waals surface area contributed by atoms with Crippen molar-refractivity contribution in [3.8, 4) is 6.07 Å². The van der Waals surface area contributed by atoms with Crippen LogP contribution in [0.3, 0.4) is 0 Å². The van der Waals surface area contributed by atoms with Gasteiger partial charge < -0.3 is 4.90 Å². The van der Waals surface area contributed by atoms with Gasteiger partial charge >= 0.3 is 0 Å². The van der Waals surface area contributed by atoms with Crippen LogP contribution in [0.4, 0.5) is 5.69 Å². The van der Waals surface area contributed by atoms with Crippen molar-refractivity contribution in [3.05, 3.63) is 28.8 Å². The molecule has 3 heteroatoms. The Labute approximate surface area is 113 Å². The van der Waals surface area contributed by atoms with Crippen LogP contribution in [-0.4, -0.2) is 13.1 Å². The molecule has 1 aromatic carbocycles. The molecule has 1 aromatic rings. The van der Waals surface area contributed by atoms with E-state index in [4.69, 9.17) is 16.9 Å². The molecule has 0 radical (unpaired) electrons. The maximum atomic E-state index is 8.84. The van der Waals surface area contributed by atoms with Gasteiger partial charge in [-0.1, -0.05) is 30.9 Å². The lowest BCUT2D eigenvalue weighted by molar-refractivity contribution is 0.139. The maximum Gasteiger partial charge on any atom is 0.0992 e. The van der Waals surface area contributed by atoms with Crippen LogP contribution in [0.1, 0.15) is 37.7 Å². The van der Waals surface area contributed by atoms with E-state index in [0.717, 1.165) is 18.8 Å². The lowest BCUT2D eigenvalue weighted by Crippen LogP contribution is -2.57. The third-order valence-electron chi connectivity index (χ3n) is 4.38. The lowest BCUT2D eigenvalue weighted by Gasteiger charge is -2.53. The summed E-state index contributed by atoms with van der Waals surface area (Å²) in [6.45, 7) is 2.28. The molecule has 2 fully saturated rings. The second kappa shape index (κ2) is 4.48. The van der Waals surface area contributed by atoms with E-state index in [-0.39, 0.29) is 0 Å². The minimum Gasteiger partial charge on any atom is -0.369 e. The summed E-state index contributed by atoms with van der Waals surface area (Å²) in [4.78, 5) is 2.36. The second-order valence-electron chi connectivity index (χ2n) is 5.69. The van der Waals surface area contributed by atoms with Crippen LogP contribution >= 0.6 is 11.6 Å². The first-order chi connectivity index (χ1) is 8.72. The standard InChI is InChI=1S/C15H17ClN2/c16-13-8-12(9-17)4-5-14(13)18-10-15(11-18)6-2-1-3-7-15/h4-5,8H,1-3,6-7,10-11H2. The Morgan fingerprint density at radius 2 is 1.89 bits per heavy atom. The number of hydrogen-bond donors (Lipinski definition) is 0. The fourth-order valence-electron chi connectivity index (χ4n) is 3.38. The number of benzene rings is 1.